The van der Waals surface area contributed by atoms with Crippen molar-refractivity contribution in [2.45, 2.75) is 6.42 Å². The van der Waals surface area contributed by atoms with Crippen molar-refractivity contribution in [2.24, 2.45) is 0 Å². The molecular weight excluding hydrogens is 365 g/mol. The molecule has 0 spiro atoms. The van der Waals surface area contributed by atoms with E-state index >= 15 is 0 Å². The van der Waals surface area contributed by atoms with Crippen molar-refractivity contribution in [1.82, 2.24) is 0 Å². The highest BCUT2D eigenvalue weighted by atomic mass is 35.5. The van der Waals surface area contributed by atoms with Crippen LogP contribution in [0.15, 0.2) is 36.4 Å². The summed E-state index contributed by atoms with van der Waals surface area (Å²) in [6.07, 6.45) is -0.00764. The maximum atomic E-state index is 13.1. The highest BCUT2D eigenvalue weighted by Crippen LogP contribution is 2.30. The van der Waals surface area contributed by atoms with Crippen LogP contribution in [0, 0.1) is 5.82 Å². The average molecular weight is 380 g/mol. The summed E-state index contributed by atoms with van der Waals surface area (Å²) in [5.41, 5.74) is 0.995. The van der Waals surface area contributed by atoms with E-state index in [2.05, 4.69) is 5.32 Å². The molecule has 0 fully saturated rings. The molecule has 1 heterocycles. The lowest BCUT2D eigenvalue weighted by Crippen LogP contribution is -2.21. The Morgan fingerprint density at radius 3 is 2.65 bits per heavy atom. The summed E-state index contributed by atoms with van der Waals surface area (Å²) in [6, 6.07) is 8.92. The second kappa shape index (κ2) is 8.05. The van der Waals surface area contributed by atoms with Crippen LogP contribution in [0.5, 0.6) is 11.5 Å². The van der Waals surface area contributed by atoms with Gasteiger partial charge >= 0.3 is 5.97 Å². The molecule has 26 heavy (non-hydrogen) atoms. The SMILES string of the molecule is O=C(COC(=O)Cc1ccc2c(c1)OCCO2)Nc1ccc(F)c(Cl)c1. The molecule has 0 aliphatic carbocycles. The largest absolute Gasteiger partial charge is 0.486 e. The molecular formula is C18H15ClFNO5. The van der Waals surface area contributed by atoms with Gasteiger partial charge in [-0.2, -0.15) is 0 Å². The minimum absolute atomic E-state index is 0.00764. The Hall–Kier alpha value is -2.80. The summed E-state index contributed by atoms with van der Waals surface area (Å²) in [5, 5.41) is 2.35. The smallest absolute Gasteiger partial charge is 0.310 e. The van der Waals surface area contributed by atoms with Gasteiger partial charge in [-0.3, -0.25) is 9.59 Å². The molecule has 0 unspecified atom stereocenters. The number of halogens is 2. The molecule has 8 heteroatoms. The van der Waals surface area contributed by atoms with Gasteiger partial charge in [-0.05, 0) is 35.9 Å². The van der Waals surface area contributed by atoms with Crippen LogP contribution in [-0.4, -0.2) is 31.7 Å². The number of nitrogens with one attached hydrogen (secondary N) is 1. The lowest BCUT2D eigenvalue weighted by Gasteiger charge is -2.18. The van der Waals surface area contributed by atoms with Crippen LogP contribution in [0.2, 0.25) is 5.02 Å². The van der Waals surface area contributed by atoms with Gasteiger partial charge in [0.15, 0.2) is 18.1 Å². The number of fused-ring (bicyclic) bond motifs is 1. The minimum Gasteiger partial charge on any atom is -0.486 e. The van der Waals surface area contributed by atoms with E-state index in [-0.39, 0.29) is 11.4 Å². The van der Waals surface area contributed by atoms with E-state index in [0.29, 0.717) is 36.0 Å². The highest BCUT2D eigenvalue weighted by molar-refractivity contribution is 6.31. The van der Waals surface area contributed by atoms with Crippen LogP contribution in [-0.2, 0) is 20.7 Å². The zero-order valence-electron chi connectivity index (χ0n) is 13.6. The number of benzene rings is 2. The van der Waals surface area contributed by atoms with Crippen LogP contribution in [0.1, 0.15) is 5.56 Å². The maximum Gasteiger partial charge on any atom is 0.310 e. The number of anilines is 1. The number of amides is 1. The topological polar surface area (TPSA) is 73.9 Å². The Bertz CT molecular complexity index is 842. The van der Waals surface area contributed by atoms with E-state index in [0.717, 1.165) is 6.07 Å². The second-order valence-electron chi connectivity index (χ2n) is 5.49. The van der Waals surface area contributed by atoms with Crippen LogP contribution in [0.3, 0.4) is 0 Å². The summed E-state index contributed by atoms with van der Waals surface area (Å²) < 4.78 is 28.9. The molecule has 6 nitrogen and oxygen atoms in total. The Balaban J connectivity index is 1.49. The van der Waals surface area contributed by atoms with Crippen molar-refractivity contribution >= 4 is 29.2 Å². The fraction of sp³-hybridized carbons (Fsp3) is 0.222. The number of esters is 1. The number of carbonyl (C=O) groups excluding carboxylic acids is 2. The number of carbonyl (C=O) groups is 2. The molecule has 1 aliphatic rings. The van der Waals surface area contributed by atoms with Crippen LogP contribution in [0.25, 0.3) is 0 Å². The first-order valence-corrected chi connectivity index (χ1v) is 8.18. The van der Waals surface area contributed by atoms with E-state index < -0.39 is 24.3 Å². The minimum atomic E-state index is -0.587. The summed E-state index contributed by atoms with van der Waals surface area (Å²) in [4.78, 5) is 23.7. The third-order valence-electron chi connectivity index (χ3n) is 3.52. The quantitative estimate of drug-likeness (QED) is 0.808. The van der Waals surface area contributed by atoms with Gasteiger partial charge in [0, 0.05) is 5.69 Å². The van der Waals surface area contributed by atoms with Crippen LogP contribution >= 0.6 is 11.6 Å². The zero-order valence-corrected chi connectivity index (χ0v) is 14.3. The lowest BCUT2D eigenvalue weighted by molar-refractivity contribution is -0.146. The first-order chi connectivity index (χ1) is 12.5. The molecule has 2 aromatic rings. The van der Waals surface area contributed by atoms with Crippen molar-refractivity contribution in [2.75, 3.05) is 25.1 Å². The Kier molecular flexibility index (Phi) is 5.58. The Morgan fingerprint density at radius 1 is 1.12 bits per heavy atom. The molecule has 3 rings (SSSR count). The van der Waals surface area contributed by atoms with Crippen molar-refractivity contribution < 1.29 is 28.2 Å². The highest BCUT2D eigenvalue weighted by Gasteiger charge is 2.14. The average Bonchev–Trinajstić information content (AvgIpc) is 2.63. The predicted molar refractivity (Wildman–Crippen MR) is 92.1 cm³/mol. The molecule has 0 radical (unpaired) electrons. The molecule has 0 atom stereocenters. The number of rotatable bonds is 5. The Morgan fingerprint density at radius 2 is 1.88 bits per heavy atom. The fourth-order valence-corrected chi connectivity index (χ4v) is 2.51. The monoisotopic (exact) mass is 379 g/mol. The van der Waals surface area contributed by atoms with Crippen molar-refractivity contribution in [3.8, 4) is 11.5 Å². The molecule has 136 valence electrons. The summed E-state index contributed by atoms with van der Waals surface area (Å²) >= 11 is 5.63. The van der Waals surface area contributed by atoms with Gasteiger partial charge < -0.3 is 19.5 Å². The van der Waals surface area contributed by atoms with Gasteiger partial charge in [-0.15, -0.1) is 0 Å². The van der Waals surface area contributed by atoms with Crippen LogP contribution in [0.4, 0.5) is 10.1 Å². The lowest BCUT2D eigenvalue weighted by atomic mass is 10.1. The molecule has 2 aromatic carbocycles. The van der Waals surface area contributed by atoms with E-state index in [1.165, 1.54) is 12.1 Å². The van der Waals surface area contributed by atoms with Gasteiger partial charge in [0.2, 0.25) is 0 Å². The van der Waals surface area contributed by atoms with Crippen molar-refractivity contribution in [1.29, 1.82) is 0 Å². The van der Waals surface area contributed by atoms with E-state index in [1.807, 2.05) is 0 Å². The van der Waals surface area contributed by atoms with Gasteiger partial charge in [0.25, 0.3) is 5.91 Å². The standard InChI is InChI=1S/C18H15ClFNO5/c19-13-9-12(2-3-14(13)20)21-17(22)10-26-18(23)8-11-1-4-15-16(7-11)25-6-5-24-15/h1-4,7,9H,5-6,8,10H2,(H,21,22). The Labute approximate surface area is 153 Å². The number of hydrogen-bond acceptors (Lipinski definition) is 5. The molecule has 1 amide bonds. The second-order valence-corrected chi connectivity index (χ2v) is 5.90. The van der Waals surface area contributed by atoms with Gasteiger partial charge in [0.05, 0.1) is 11.4 Å². The molecule has 1 N–H and O–H groups in total. The molecule has 0 saturated carbocycles. The summed E-state index contributed by atoms with van der Waals surface area (Å²) in [5.74, 6) is -0.495. The molecule has 0 bridgehead atoms. The van der Waals surface area contributed by atoms with Crippen molar-refractivity contribution in [3.63, 3.8) is 0 Å². The maximum absolute atomic E-state index is 13.1. The van der Waals surface area contributed by atoms with Gasteiger partial charge in [-0.1, -0.05) is 17.7 Å². The summed E-state index contributed by atoms with van der Waals surface area (Å²) in [7, 11) is 0. The van der Waals surface area contributed by atoms with E-state index in [9.17, 15) is 14.0 Å². The predicted octanol–water partition coefficient (Wildman–Crippen LogP) is 2.97. The zero-order chi connectivity index (χ0) is 18.5. The number of hydrogen-bond donors (Lipinski definition) is 1. The third kappa shape index (κ3) is 4.64. The normalized spacial score (nSPS) is 12.4. The van der Waals surface area contributed by atoms with Gasteiger partial charge in [-0.25, -0.2) is 4.39 Å². The van der Waals surface area contributed by atoms with Gasteiger partial charge in [0.1, 0.15) is 19.0 Å². The van der Waals surface area contributed by atoms with E-state index in [1.54, 1.807) is 18.2 Å². The fourth-order valence-electron chi connectivity index (χ4n) is 2.33. The molecule has 0 saturated heterocycles. The molecule has 0 aromatic heterocycles. The third-order valence-corrected chi connectivity index (χ3v) is 3.81. The summed E-state index contributed by atoms with van der Waals surface area (Å²) in [6.45, 7) is 0.482. The molecule has 1 aliphatic heterocycles. The van der Waals surface area contributed by atoms with Crippen molar-refractivity contribution in [3.05, 3.63) is 52.8 Å². The van der Waals surface area contributed by atoms with E-state index in [4.69, 9.17) is 25.8 Å². The first kappa shape index (κ1) is 18.0. The van der Waals surface area contributed by atoms with Crippen LogP contribution < -0.4 is 14.8 Å². The first-order valence-electron chi connectivity index (χ1n) is 7.80. The number of ether oxygens (including phenoxy) is 3.